The number of anilines is 4. The van der Waals surface area contributed by atoms with Crippen LogP contribution in [0.25, 0.3) is 0 Å². The largest absolute Gasteiger partial charge is 0.377 e. The van der Waals surface area contributed by atoms with E-state index in [0.717, 1.165) is 48.8 Å². The second kappa shape index (κ2) is 31.0. The Kier molecular flexibility index (Phi) is 23.1. The molecule has 4 unspecified atom stereocenters. The zero-order valence-corrected chi connectivity index (χ0v) is 49.3. The van der Waals surface area contributed by atoms with Gasteiger partial charge < -0.3 is 60.8 Å². The molecule has 4 heterocycles. The van der Waals surface area contributed by atoms with Crippen molar-refractivity contribution in [2.24, 2.45) is 5.92 Å². The average Bonchev–Trinajstić information content (AvgIpc) is 4.40. The fourth-order valence-corrected chi connectivity index (χ4v) is 11.7. The molecule has 21 nitrogen and oxygen atoms in total. The molecule has 0 radical (unpaired) electrons. The zero-order valence-electron chi connectivity index (χ0n) is 47.7. The second-order valence-corrected chi connectivity index (χ2v) is 22.4. The van der Waals surface area contributed by atoms with Crippen molar-refractivity contribution in [2.45, 2.75) is 95.8 Å². The van der Waals surface area contributed by atoms with Gasteiger partial charge in [-0.25, -0.2) is 15.0 Å². The molecular weight excluding hydrogens is 1100 g/mol. The summed E-state index contributed by atoms with van der Waals surface area (Å²) >= 11 is 7.50. The monoisotopic (exact) mass is 1180 g/mol. The van der Waals surface area contributed by atoms with Gasteiger partial charge in [-0.3, -0.25) is 28.8 Å². The first-order valence-electron chi connectivity index (χ1n) is 28.6. The molecule has 23 heteroatoms. The van der Waals surface area contributed by atoms with Crippen LogP contribution in [0.3, 0.4) is 0 Å². The SMILES string of the molecule is CNC(C)C(=O)NC(C(=O)N1CCCC1C(=O)NC(C(=O)NCCOCCOCCOCC(=O)N1CCN(c2cc(Nc3ncc(C(=O)Nc4c(C)cccc4Cl)s3)nc(C)n2)CC1)C(c1ccccc1)c1ccccc1)C1CCCCC1. The maximum Gasteiger partial charge on any atom is 0.267 e. The maximum absolute atomic E-state index is 14.6. The molecule has 0 spiro atoms. The summed E-state index contributed by atoms with van der Waals surface area (Å²) in [6.45, 7) is 9.08. The van der Waals surface area contributed by atoms with Crippen molar-refractivity contribution < 1.29 is 43.0 Å². The number of carbonyl (C=O) groups excluding carboxylic acids is 6. The molecule has 3 fully saturated rings. The molecule has 2 aliphatic heterocycles. The van der Waals surface area contributed by atoms with Gasteiger partial charge in [0, 0.05) is 51.3 Å². The summed E-state index contributed by atoms with van der Waals surface area (Å²) in [5.74, 6) is -0.631. The number of para-hydroxylation sites is 1. The van der Waals surface area contributed by atoms with E-state index in [0.29, 0.717) is 83.7 Å². The van der Waals surface area contributed by atoms with E-state index in [1.54, 1.807) is 36.8 Å². The van der Waals surface area contributed by atoms with Crippen molar-refractivity contribution in [3.8, 4) is 0 Å². The number of hydrogen-bond donors (Lipinski definition) is 6. The van der Waals surface area contributed by atoms with Gasteiger partial charge in [-0.15, -0.1) is 0 Å². The highest BCUT2D eigenvalue weighted by atomic mass is 35.5. The third-order valence-corrected chi connectivity index (χ3v) is 16.5. The molecule has 1 saturated carbocycles. The molecule has 3 aromatic carbocycles. The molecule has 2 saturated heterocycles. The van der Waals surface area contributed by atoms with Crippen LogP contribution in [0.4, 0.5) is 22.5 Å². The number of aryl methyl sites for hydroxylation is 2. The highest BCUT2D eigenvalue weighted by molar-refractivity contribution is 7.17. The minimum absolute atomic E-state index is 0.0365. The van der Waals surface area contributed by atoms with Crippen LogP contribution in [0.15, 0.2) is 91.1 Å². The van der Waals surface area contributed by atoms with Gasteiger partial charge in [0.05, 0.1) is 56.0 Å². The lowest BCUT2D eigenvalue weighted by Crippen LogP contribution is -2.59. The molecule has 1 aliphatic carbocycles. The highest BCUT2D eigenvalue weighted by Gasteiger charge is 2.43. The highest BCUT2D eigenvalue weighted by Crippen LogP contribution is 2.33. The van der Waals surface area contributed by atoms with Crippen LogP contribution in [0, 0.1) is 19.8 Å². The van der Waals surface area contributed by atoms with Gasteiger partial charge in [0.1, 0.15) is 47.1 Å². The number of ether oxygens (including phenoxy) is 3. The number of hydrogen-bond acceptors (Lipinski definition) is 16. The summed E-state index contributed by atoms with van der Waals surface area (Å²) in [4.78, 5) is 102. The van der Waals surface area contributed by atoms with Crippen LogP contribution in [0.1, 0.15) is 90.0 Å². The predicted octanol–water partition coefficient (Wildman–Crippen LogP) is 5.99. The number of piperazine rings is 1. The zero-order chi connectivity index (χ0) is 58.7. The fraction of sp³-hybridized carbons (Fsp3) is 0.483. The first-order chi connectivity index (χ1) is 40.3. The number of likely N-dealkylation sites (N-methyl/N-ethyl adjacent to an activating group) is 1. The van der Waals surface area contributed by atoms with Crippen molar-refractivity contribution in [1.82, 2.24) is 46.0 Å². The third kappa shape index (κ3) is 17.3. The number of amides is 6. The van der Waals surface area contributed by atoms with E-state index in [2.05, 4.69) is 51.8 Å². The molecule has 6 amide bonds. The summed E-state index contributed by atoms with van der Waals surface area (Å²) in [5, 5.41) is 19.1. The molecule has 5 aromatic rings. The van der Waals surface area contributed by atoms with E-state index in [1.807, 2.05) is 85.8 Å². The normalized spacial score (nSPS) is 16.7. The van der Waals surface area contributed by atoms with Gasteiger partial charge in [0.2, 0.25) is 29.5 Å². The molecule has 6 N–H and O–H groups in total. The number of thiazole rings is 1. The maximum atomic E-state index is 14.6. The molecule has 444 valence electrons. The Morgan fingerprint density at radius 3 is 2.10 bits per heavy atom. The van der Waals surface area contributed by atoms with Gasteiger partial charge in [-0.05, 0) is 82.2 Å². The van der Waals surface area contributed by atoms with Crippen LogP contribution in [-0.4, -0.2) is 170 Å². The van der Waals surface area contributed by atoms with E-state index in [1.165, 1.54) is 17.5 Å². The summed E-state index contributed by atoms with van der Waals surface area (Å²) in [6, 6.07) is 23.2. The number of halogens is 1. The summed E-state index contributed by atoms with van der Waals surface area (Å²) in [7, 11) is 1.70. The second-order valence-electron chi connectivity index (χ2n) is 21.0. The third-order valence-electron chi connectivity index (χ3n) is 15.3. The minimum Gasteiger partial charge on any atom is -0.377 e. The number of aromatic nitrogens is 3. The van der Waals surface area contributed by atoms with E-state index >= 15 is 0 Å². The molecule has 3 aliphatic rings. The number of likely N-dealkylation sites (tertiary alicyclic amines) is 1. The molecule has 8 rings (SSSR count). The standard InChI is InChI=1S/C60H77ClN12O9S/c1-39-16-14-23-45(61)52(39)68-57(77)47-37-64-60(83-47)67-48-36-49(66-41(3)65-48)71-27-29-72(30-28-71)50(74)38-82-35-34-81-33-32-80-31-25-63-58(78)54(51(42-17-8-5-9-18-42)43-19-10-6-11-20-43)70-56(76)46-24-15-26-73(46)59(79)53(44-21-12-7-13-22-44)69-55(75)40(2)62-4/h5-6,8-11,14,16-20,23,36-37,40,44,46,51,53-54,62H,7,12-13,15,21-22,24-35,38H2,1-4H3,(H,63,78)(H,68,77)(H,69,75)(H,70,76)(H,64,65,66,67). The van der Waals surface area contributed by atoms with Crippen molar-refractivity contribution in [3.05, 3.63) is 124 Å². The Hall–Kier alpha value is -7.08. The van der Waals surface area contributed by atoms with E-state index < -0.39 is 41.9 Å². The van der Waals surface area contributed by atoms with Gasteiger partial charge in [0.25, 0.3) is 5.91 Å². The lowest BCUT2D eigenvalue weighted by molar-refractivity contribution is -0.143. The quantitative estimate of drug-likeness (QED) is 0.0330. The molecule has 2 aromatic heterocycles. The van der Waals surface area contributed by atoms with Crippen LogP contribution in [0.5, 0.6) is 0 Å². The fourth-order valence-electron chi connectivity index (χ4n) is 10.7. The predicted molar refractivity (Wildman–Crippen MR) is 319 cm³/mol. The van der Waals surface area contributed by atoms with Crippen LogP contribution < -0.4 is 36.8 Å². The van der Waals surface area contributed by atoms with Crippen LogP contribution in [0.2, 0.25) is 5.02 Å². The first kappa shape index (κ1) is 62.0. The van der Waals surface area contributed by atoms with Crippen molar-refractivity contribution in [1.29, 1.82) is 0 Å². The van der Waals surface area contributed by atoms with Gasteiger partial charge in [0.15, 0.2) is 5.13 Å². The van der Waals surface area contributed by atoms with E-state index in [4.69, 9.17) is 25.8 Å². The Morgan fingerprint density at radius 2 is 1.42 bits per heavy atom. The molecule has 83 heavy (non-hydrogen) atoms. The lowest BCUT2D eigenvalue weighted by Gasteiger charge is -2.36. The van der Waals surface area contributed by atoms with Crippen molar-refractivity contribution in [2.75, 3.05) is 101 Å². The van der Waals surface area contributed by atoms with Gasteiger partial charge in [-0.2, -0.15) is 0 Å². The number of carbonyl (C=O) groups is 6. The van der Waals surface area contributed by atoms with Crippen LogP contribution >= 0.6 is 22.9 Å². The number of rotatable bonds is 27. The topological polar surface area (TPSA) is 251 Å². The first-order valence-corrected chi connectivity index (χ1v) is 29.8. The number of nitrogens with zero attached hydrogens (tertiary/aromatic N) is 6. The number of nitrogens with one attached hydrogen (secondary N) is 6. The van der Waals surface area contributed by atoms with Crippen LogP contribution in [-0.2, 0) is 38.2 Å². The Balaban J connectivity index is 0.755. The Morgan fingerprint density at radius 1 is 0.747 bits per heavy atom. The van der Waals surface area contributed by atoms with Crippen molar-refractivity contribution >= 4 is 80.8 Å². The molecular formula is C60H77ClN12O9S. The number of benzene rings is 3. The lowest BCUT2D eigenvalue weighted by atomic mass is 9.83. The van der Waals surface area contributed by atoms with E-state index in [-0.39, 0.29) is 75.7 Å². The summed E-state index contributed by atoms with van der Waals surface area (Å²) < 4.78 is 17.2. The van der Waals surface area contributed by atoms with Crippen molar-refractivity contribution in [3.63, 3.8) is 0 Å². The summed E-state index contributed by atoms with van der Waals surface area (Å²) in [6.07, 6.45) is 7.19. The molecule has 4 atom stereocenters. The Bertz CT molecular complexity index is 2900. The minimum atomic E-state index is -1.05. The molecule has 0 bridgehead atoms. The Labute approximate surface area is 494 Å². The average molecular weight is 1180 g/mol. The summed E-state index contributed by atoms with van der Waals surface area (Å²) in [5.41, 5.74) is 3.06. The van der Waals surface area contributed by atoms with Gasteiger partial charge in [-0.1, -0.05) is 115 Å². The van der Waals surface area contributed by atoms with Gasteiger partial charge >= 0.3 is 0 Å². The smallest absolute Gasteiger partial charge is 0.267 e. The van der Waals surface area contributed by atoms with E-state index in [9.17, 15) is 28.8 Å².